The van der Waals surface area contributed by atoms with Crippen molar-refractivity contribution in [2.45, 2.75) is 20.0 Å². The molecule has 0 aliphatic rings. The fourth-order valence-corrected chi connectivity index (χ4v) is 3.63. The SMILES string of the molecule is Cc1cc(F)c(COc2nsc(NC(=O)NCCCN(CCO)CCO)c2C(N)=O)cc1F. The second-order valence-corrected chi connectivity index (χ2v) is 7.83. The highest BCUT2D eigenvalue weighted by molar-refractivity contribution is 7.11. The van der Waals surface area contributed by atoms with Crippen LogP contribution < -0.4 is 21.1 Å². The van der Waals surface area contributed by atoms with Gasteiger partial charge in [-0.15, -0.1) is 0 Å². The number of aliphatic hydroxyl groups is 2. The summed E-state index contributed by atoms with van der Waals surface area (Å²) in [5, 5.41) is 23.1. The highest BCUT2D eigenvalue weighted by atomic mass is 32.1. The van der Waals surface area contributed by atoms with E-state index in [-0.39, 0.29) is 40.8 Å². The number of nitrogens with two attached hydrogens (primary N) is 1. The molecule has 1 aromatic heterocycles. The molecule has 0 fully saturated rings. The molecule has 0 spiro atoms. The Balaban J connectivity index is 1.94. The predicted molar refractivity (Wildman–Crippen MR) is 118 cm³/mol. The number of hydrogen-bond donors (Lipinski definition) is 5. The maximum Gasteiger partial charge on any atom is 0.319 e. The number of halogens is 2. The number of carbonyl (C=O) groups excluding carboxylic acids is 2. The van der Waals surface area contributed by atoms with Gasteiger partial charge in [0.25, 0.3) is 5.91 Å². The van der Waals surface area contributed by atoms with E-state index in [0.717, 1.165) is 23.7 Å². The number of urea groups is 1. The molecule has 2 aromatic rings. The number of amides is 3. The fraction of sp³-hybridized carbons (Fsp3) is 0.450. The zero-order valence-corrected chi connectivity index (χ0v) is 18.9. The molecule has 0 saturated heterocycles. The van der Waals surface area contributed by atoms with Crippen LogP contribution in [-0.4, -0.2) is 70.8 Å². The molecule has 0 aliphatic carbocycles. The fourth-order valence-electron chi connectivity index (χ4n) is 2.89. The van der Waals surface area contributed by atoms with Crippen LogP contribution in [0.3, 0.4) is 0 Å². The van der Waals surface area contributed by atoms with Crippen LogP contribution in [0.1, 0.15) is 27.9 Å². The van der Waals surface area contributed by atoms with Gasteiger partial charge in [-0.05, 0) is 49.1 Å². The maximum atomic E-state index is 14.0. The Morgan fingerprint density at radius 3 is 2.52 bits per heavy atom. The number of hydrogen-bond acceptors (Lipinski definition) is 8. The molecular weight excluding hydrogens is 460 g/mol. The van der Waals surface area contributed by atoms with E-state index in [4.69, 9.17) is 20.7 Å². The Bertz CT molecular complexity index is 953. The molecule has 0 aliphatic heterocycles. The number of benzene rings is 1. The summed E-state index contributed by atoms with van der Waals surface area (Å²) in [6.07, 6.45) is 0.561. The summed E-state index contributed by atoms with van der Waals surface area (Å²) in [5.74, 6) is -2.38. The van der Waals surface area contributed by atoms with Gasteiger partial charge in [-0.25, -0.2) is 13.6 Å². The zero-order chi connectivity index (χ0) is 24.4. The lowest BCUT2D eigenvalue weighted by Crippen LogP contribution is -2.35. The Hall–Kier alpha value is -2.87. The molecule has 0 unspecified atom stereocenters. The average Bonchev–Trinajstić information content (AvgIpc) is 3.15. The molecular formula is C20H27F2N5O5S. The number of carbonyl (C=O) groups is 2. The van der Waals surface area contributed by atoms with Crippen molar-refractivity contribution in [3.8, 4) is 5.88 Å². The molecule has 0 atom stereocenters. The third-order valence-corrected chi connectivity index (χ3v) is 5.34. The Morgan fingerprint density at radius 1 is 1.18 bits per heavy atom. The molecule has 33 heavy (non-hydrogen) atoms. The van der Waals surface area contributed by atoms with Gasteiger partial charge in [0.2, 0.25) is 5.88 Å². The number of aromatic nitrogens is 1. The lowest BCUT2D eigenvalue weighted by atomic mass is 10.1. The molecule has 13 heteroatoms. The van der Waals surface area contributed by atoms with E-state index in [1.165, 1.54) is 6.92 Å². The third-order valence-electron chi connectivity index (χ3n) is 4.60. The Kier molecular flexibility index (Phi) is 10.4. The molecule has 0 saturated carbocycles. The van der Waals surface area contributed by atoms with Gasteiger partial charge in [-0.3, -0.25) is 15.0 Å². The summed E-state index contributed by atoms with van der Waals surface area (Å²) in [6, 6.07) is 1.43. The van der Waals surface area contributed by atoms with Crippen LogP contribution in [-0.2, 0) is 6.61 Å². The first-order chi connectivity index (χ1) is 15.8. The van der Waals surface area contributed by atoms with Crippen molar-refractivity contribution in [3.05, 3.63) is 40.5 Å². The van der Waals surface area contributed by atoms with E-state index in [1.54, 1.807) is 0 Å². The number of nitrogens with one attached hydrogen (secondary N) is 2. The van der Waals surface area contributed by atoms with Gasteiger partial charge in [0.1, 0.15) is 28.8 Å². The number of primary amides is 1. The predicted octanol–water partition coefficient (Wildman–Crippen LogP) is 1.21. The van der Waals surface area contributed by atoms with Crippen LogP contribution in [0.4, 0.5) is 18.6 Å². The molecule has 3 amide bonds. The van der Waals surface area contributed by atoms with Crippen LogP contribution in [0, 0.1) is 18.6 Å². The lowest BCUT2D eigenvalue weighted by Gasteiger charge is -2.19. The van der Waals surface area contributed by atoms with E-state index in [1.807, 2.05) is 4.90 Å². The lowest BCUT2D eigenvalue weighted by molar-refractivity contribution is 0.0996. The number of nitrogens with zero attached hydrogens (tertiary/aromatic N) is 2. The van der Waals surface area contributed by atoms with E-state index in [0.29, 0.717) is 32.6 Å². The van der Waals surface area contributed by atoms with Crippen molar-refractivity contribution in [1.29, 1.82) is 0 Å². The van der Waals surface area contributed by atoms with Gasteiger partial charge < -0.3 is 26.0 Å². The Morgan fingerprint density at radius 2 is 1.88 bits per heavy atom. The summed E-state index contributed by atoms with van der Waals surface area (Å²) in [4.78, 5) is 25.9. The number of anilines is 1. The number of aryl methyl sites for hydroxylation is 1. The van der Waals surface area contributed by atoms with Gasteiger partial charge in [-0.2, -0.15) is 4.37 Å². The van der Waals surface area contributed by atoms with Crippen molar-refractivity contribution < 1.29 is 33.3 Å². The third kappa shape index (κ3) is 7.89. The smallest absolute Gasteiger partial charge is 0.319 e. The van der Waals surface area contributed by atoms with Crippen molar-refractivity contribution in [1.82, 2.24) is 14.6 Å². The van der Waals surface area contributed by atoms with Gasteiger partial charge in [-0.1, -0.05) is 0 Å². The van der Waals surface area contributed by atoms with E-state index >= 15 is 0 Å². The molecule has 1 aromatic carbocycles. The van der Waals surface area contributed by atoms with Gasteiger partial charge in [0.15, 0.2) is 0 Å². The topological polar surface area (TPSA) is 150 Å². The summed E-state index contributed by atoms with van der Waals surface area (Å²) in [6.45, 7) is 2.65. The van der Waals surface area contributed by atoms with Gasteiger partial charge in [0, 0.05) is 25.2 Å². The molecule has 0 bridgehead atoms. The highest BCUT2D eigenvalue weighted by Gasteiger charge is 2.22. The van der Waals surface area contributed by atoms with Crippen LogP contribution in [0.25, 0.3) is 0 Å². The van der Waals surface area contributed by atoms with Gasteiger partial charge >= 0.3 is 6.03 Å². The van der Waals surface area contributed by atoms with E-state index in [2.05, 4.69) is 15.0 Å². The second kappa shape index (κ2) is 13.0. The molecule has 2 rings (SSSR count). The maximum absolute atomic E-state index is 14.0. The normalized spacial score (nSPS) is 11.0. The number of ether oxygens (including phenoxy) is 1. The summed E-state index contributed by atoms with van der Waals surface area (Å²) >= 11 is 0.756. The Labute approximate surface area is 193 Å². The largest absolute Gasteiger partial charge is 0.471 e. The minimum absolute atomic E-state index is 0.0366. The van der Waals surface area contributed by atoms with Crippen LogP contribution >= 0.6 is 11.5 Å². The van der Waals surface area contributed by atoms with Crippen LogP contribution in [0.5, 0.6) is 5.88 Å². The molecule has 182 valence electrons. The zero-order valence-electron chi connectivity index (χ0n) is 18.1. The minimum Gasteiger partial charge on any atom is -0.471 e. The van der Waals surface area contributed by atoms with E-state index < -0.39 is 30.2 Å². The van der Waals surface area contributed by atoms with E-state index in [9.17, 15) is 18.4 Å². The highest BCUT2D eigenvalue weighted by Crippen LogP contribution is 2.31. The monoisotopic (exact) mass is 487 g/mol. The summed E-state index contributed by atoms with van der Waals surface area (Å²) in [7, 11) is 0. The molecule has 6 N–H and O–H groups in total. The first kappa shape index (κ1) is 26.4. The molecule has 10 nitrogen and oxygen atoms in total. The summed E-state index contributed by atoms with van der Waals surface area (Å²) in [5.41, 5.74) is 5.29. The second-order valence-electron chi connectivity index (χ2n) is 7.06. The first-order valence-corrected chi connectivity index (χ1v) is 10.9. The van der Waals surface area contributed by atoms with Gasteiger partial charge in [0.05, 0.1) is 13.2 Å². The minimum atomic E-state index is -0.909. The van der Waals surface area contributed by atoms with Crippen molar-refractivity contribution in [2.24, 2.45) is 5.73 Å². The summed E-state index contributed by atoms with van der Waals surface area (Å²) < 4.78 is 37.0. The number of rotatable bonds is 13. The van der Waals surface area contributed by atoms with Crippen molar-refractivity contribution in [2.75, 3.05) is 44.7 Å². The molecule has 1 heterocycles. The van der Waals surface area contributed by atoms with Crippen LogP contribution in [0.2, 0.25) is 0 Å². The average molecular weight is 488 g/mol. The quantitative estimate of drug-likeness (QED) is 0.267. The molecule has 0 radical (unpaired) electrons. The van der Waals surface area contributed by atoms with Crippen molar-refractivity contribution >= 4 is 28.5 Å². The van der Waals surface area contributed by atoms with Crippen LogP contribution in [0.15, 0.2) is 12.1 Å². The number of aliphatic hydroxyl groups excluding tert-OH is 2. The standard InChI is InChI=1S/C20H27F2N5O5S/c1-12-9-15(22)13(10-14(12)21)11-32-18-16(17(23)30)19(33-26-18)25-20(31)24-3-2-4-27(5-7-28)6-8-29/h9-10,28-29H,2-8,11H2,1H3,(H2,23,30)(H2,24,25,31). The first-order valence-electron chi connectivity index (χ1n) is 10.1. The van der Waals surface area contributed by atoms with Crippen molar-refractivity contribution in [3.63, 3.8) is 0 Å².